The van der Waals surface area contributed by atoms with Crippen LogP contribution >= 0.6 is 11.6 Å². The number of aromatic amines is 1. The van der Waals surface area contributed by atoms with Gasteiger partial charge in [-0.2, -0.15) is 0 Å². The number of nitrogens with zero attached hydrogens (tertiary/aromatic N) is 1. The highest BCUT2D eigenvalue weighted by molar-refractivity contribution is 6.30. The van der Waals surface area contributed by atoms with Gasteiger partial charge in [-0.3, -0.25) is 0 Å². The SMILES string of the molecule is Fc1c(Cl)cccc1Cc1cnc[nH]1.O=C(O)/C=C/C(=O)O. The van der Waals surface area contributed by atoms with Gasteiger partial charge in [-0.05, 0) is 11.6 Å². The van der Waals surface area contributed by atoms with Gasteiger partial charge < -0.3 is 15.2 Å². The van der Waals surface area contributed by atoms with E-state index in [1.54, 1.807) is 24.7 Å². The van der Waals surface area contributed by atoms with Gasteiger partial charge in [0.15, 0.2) is 0 Å². The monoisotopic (exact) mass is 326 g/mol. The Hall–Kier alpha value is -2.67. The lowest BCUT2D eigenvalue weighted by atomic mass is 10.1. The van der Waals surface area contributed by atoms with Gasteiger partial charge in [0.05, 0.1) is 11.3 Å². The summed E-state index contributed by atoms with van der Waals surface area (Å²) in [7, 11) is 0. The molecular formula is C14H12ClFN2O4. The molecule has 1 aromatic heterocycles. The normalized spacial score (nSPS) is 10.1. The second-order valence-electron chi connectivity index (χ2n) is 3.98. The van der Waals surface area contributed by atoms with Gasteiger partial charge in [0.1, 0.15) is 5.82 Å². The lowest BCUT2D eigenvalue weighted by molar-refractivity contribution is -0.134. The molecule has 0 radical (unpaired) electrons. The standard InChI is InChI=1S/C10H8ClFN2.C4H4O4/c11-9-3-1-2-7(10(9)12)4-8-5-13-6-14-8;5-3(6)1-2-4(7)8/h1-3,5-6H,4H2,(H,13,14);1-2H,(H,5,6)(H,7,8)/b;2-1+. The lowest BCUT2D eigenvalue weighted by Crippen LogP contribution is -1.93. The number of hydrogen-bond donors (Lipinski definition) is 3. The van der Waals surface area contributed by atoms with Gasteiger partial charge in [-0.15, -0.1) is 0 Å². The number of carboxylic acid groups (broad SMARTS) is 2. The Morgan fingerprint density at radius 3 is 2.41 bits per heavy atom. The first kappa shape index (κ1) is 17.4. The molecule has 2 aromatic rings. The van der Waals surface area contributed by atoms with Crippen LogP contribution in [0.25, 0.3) is 0 Å². The fourth-order valence-electron chi connectivity index (χ4n) is 1.41. The van der Waals surface area contributed by atoms with Crippen LogP contribution in [0.5, 0.6) is 0 Å². The number of H-pyrrole nitrogens is 1. The summed E-state index contributed by atoms with van der Waals surface area (Å²) in [6.07, 6.45) is 4.83. The first-order valence-electron chi connectivity index (χ1n) is 5.94. The predicted octanol–water partition coefficient (Wildman–Crippen LogP) is 2.50. The molecule has 3 N–H and O–H groups in total. The zero-order valence-corrected chi connectivity index (χ0v) is 11.9. The molecular weight excluding hydrogens is 315 g/mol. The van der Waals surface area contributed by atoms with Crippen LogP contribution in [-0.4, -0.2) is 32.1 Å². The molecule has 1 aromatic carbocycles. The van der Waals surface area contributed by atoms with Crippen molar-refractivity contribution < 1.29 is 24.2 Å². The number of imidazole rings is 1. The van der Waals surface area contributed by atoms with Crippen LogP contribution in [0.15, 0.2) is 42.9 Å². The molecule has 0 aliphatic rings. The second-order valence-corrected chi connectivity index (χ2v) is 4.38. The van der Waals surface area contributed by atoms with E-state index in [2.05, 4.69) is 9.97 Å². The first-order chi connectivity index (χ1) is 10.4. The Bertz CT molecular complexity index is 655. The molecule has 0 aliphatic carbocycles. The molecule has 0 spiro atoms. The van der Waals surface area contributed by atoms with E-state index in [9.17, 15) is 14.0 Å². The highest BCUT2D eigenvalue weighted by Crippen LogP contribution is 2.19. The van der Waals surface area contributed by atoms with Gasteiger partial charge in [0, 0.05) is 30.5 Å². The number of nitrogens with one attached hydrogen (secondary N) is 1. The summed E-state index contributed by atoms with van der Waals surface area (Å²) in [6.45, 7) is 0. The van der Waals surface area contributed by atoms with Crippen molar-refractivity contribution in [2.45, 2.75) is 6.42 Å². The molecule has 8 heteroatoms. The van der Waals surface area contributed by atoms with Crippen molar-refractivity contribution in [1.29, 1.82) is 0 Å². The van der Waals surface area contributed by atoms with Crippen LogP contribution < -0.4 is 0 Å². The van der Waals surface area contributed by atoms with Gasteiger partial charge in [0.25, 0.3) is 0 Å². The fourth-order valence-corrected chi connectivity index (χ4v) is 1.61. The molecule has 0 unspecified atom stereocenters. The van der Waals surface area contributed by atoms with Crippen molar-refractivity contribution >= 4 is 23.5 Å². The average Bonchev–Trinajstić information content (AvgIpc) is 2.95. The Morgan fingerprint density at radius 2 is 1.91 bits per heavy atom. The molecule has 0 saturated carbocycles. The Balaban J connectivity index is 0.000000261. The van der Waals surface area contributed by atoms with Crippen molar-refractivity contribution in [1.82, 2.24) is 9.97 Å². The van der Waals surface area contributed by atoms with E-state index in [0.717, 1.165) is 5.69 Å². The maximum Gasteiger partial charge on any atom is 0.328 e. The molecule has 0 aliphatic heterocycles. The quantitative estimate of drug-likeness (QED) is 0.749. The summed E-state index contributed by atoms with van der Waals surface area (Å²) in [5.74, 6) is -2.87. The van der Waals surface area contributed by atoms with E-state index >= 15 is 0 Å². The van der Waals surface area contributed by atoms with Crippen molar-refractivity contribution in [2.75, 3.05) is 0 Å². The van der Waals surface area contributed by atoms with E-state index < -0.39 is 11.9 Å². The van der Waals surface area contributed by atoms with Crippen molar-refractivity contribution in [3.05, 3.63) is 65.0 Å². The van der Waals surface area contributed by atoms with E-state index in [0.29, 0.717) is 24.1 Å². The molecule has 0 amide bonds. The third-order valence-electron chi connectivity index (χ3n) is 2.34. The van der Waals surface area contributed by atoms with Crippen molar-refractivity contribution in [3.63, 3.8) is 0 Å². The maximum absolute atomic E-state index is 13.4. The first-order valence-corrected chi connectivity index (χ1v) is 6.32. The summed E-state index contributed by atoms with van der Waals surface area (Å²) in [6, 6.07) is 4.98. The van der Waals surface area contributed by atoms with E-state index in [-0.39, 0.29) is 10.8 Å². The molecule has 0 saturated heterocycles. The van der Waals surface area contributed by atoms with E-state index in [1.807, 2.05) is 0 Å². The van der Waals surface area contributed by atoms with E-state index in [4.69, 9.17) is 21.8 Å². The third-order valence-corrected chi connectivity index (χ3v) is 2.63. The zero-order valence-electron chi connectivity index (χ0n) is 11.2. The zero-order chi connectivity index (χ0) is 16.5. The number of halogens is 2. The third kappa shape index (κ3) is 6.19. The Kier molecular flexibility index (Phi) is 6.78. The topological polar surface area (TPSA) is 103 Å². The minimum atomic E-state index is -1.26. The number of aliphatic carboxylic acids is 2. The minimum Gasteiger partial charge on any atom is -0.478 e. The summed E-state index contributed by atoms with van der Waals surface area (Å²) in [4.78, 5) is 25.9. The number of carboxylic acids is 2. The summed E-state index contributed by atoms with van der Waals surface area (Å²) in [5.41, 5.74) is 1.44. The maximum atomic E-state index is 13.4. The number of carbonyl (C=O) groups is 2. The largest absolute Gasteiger partial charge is 0.478 e. The van der Waals surface area contributed by atoms with Crippen LogP contribution in [0.2, 0.25) is 5.02 Å². The van der Waals surface area contributed by atoms with E-state index in [1.165, 1.54) is 6.07 Å². The number of aromatic nitrogens is 2. The van der Waals surface area contributed by atoms with Crippen LogP contribution in [0.4, 0.5) is 4.39 Å². The summed E-state index contributed by atoms with van der Waals surface area (Å²) in [5, 5.41) is 15.8. The van der Waals surface area contributed by atoms with Crippen LogP contribution in [0.3, 0.4) is 0 Å². The van der Waals surface area contributed by atoms with Crippen molar-refractivity contribution in [2.24, 2.45) is 0 Å². The van der Waals surface area contributed by atoms with Crippen molar-refractivity contribution in [3.8, 4) is 0 Å². The second kappa shape index (κ2) is 8.58. The molecule has 116 valence electrons. The lowest BCUT2D eigenvalue weighted by Gasteiger charge is -2.02. The number of hydrogen-bond acceptors (Lipinski definition) is 3. The molecule has 0 fully saturated rings. The van der Waals surface area contributed by atoms with Crippen LogP contribution in [0, 0.1) is 5.82 Å². The van der Waals surface area contributed by atoms with Gasteiger partial charge in [0.2, 0.25) is 0 Å². The van der Waals surface area contributed by atoms with Gasteiger partial charge >= 0.3 is 11.9 Å². The fraction of sp³-hybridized carbons (Fsp3) is 0.0714. The highest BCUT2D eigenvalue weighted by atomic mass is 35.5. The van der Waals surface area contributed by atoms with Crippen LogP contribution in [-0.2, 0) is 16.0 Å². The predicted molar refractivity (Wildman–Crippen MR) is 77.2 cm³/mol. The summed E-state index contributed by atoms with van der Waals surface area (Å²) < 4.78 is 13.4. The number of benzene rings is 1. The van der Waals surface area contributed by atoms with Gasteiger partial charge in [-0.25, -0.2) is 19.0 Å². The molecule has 6 nitrogen and oxygen atoms in total. The molecule has 0 atom stereocenters. The van der Waals surface area contributed by atoms with Gasteiger partial charge in [-0.1, -0.05) is 23.7 Å². The summed E-state index contributed by atoms with van der Waals surface area (Å²) >= 11 is 5.65. The Labute approximate surface area is 129 Å². The molecule has 1 heterocycles. The molecule has 0 bridgehead atoms. The minimum absolute atomic E-state index is 0.155. The van der Waals surface area contributed by atoms with Crippen LogP contribution in [0.1, 0.15) is 11.3 Å². The smallest absolute Gasteiger partial charge is 0.328 e. The Morgan fingerprint density at radius 1 is 1.27 bits per heavy atom. The highest BCUT2D eigenvalue weighted by Gasteiger charge is 2.06. The molecule has 2 rings (SSSR count). The number of rotatable bonds is 4. The molecule has 22 heavy (non-hydrogen) atoms. The average molecular weight is 327 g/mol.